The molecule has 6 heteroatoms. The largest absolute Gasteiger partial charge is 0.505 e. The summed E-state index contributed by atoms with van der Waals surface area (Å²) >= 11 is 0. The van der Waals surface area contributed by atoms with E-state index >= 15 is 0 Å². The van der Waals surface area contributed by atoms with Crippen molar-refractivity contribution < 1.29 is 19.1 Å². The molecule has 0 saturated carbocycles. The molecule has 0 saturated heterocycles. The molecule has 0 bridgehead atoms. The van der Waals surface area contributed by atoms with Crippen molar-refractivity contribution in [1.82, 2.24) is 5.32 Å². The highest BCUT2D eigenvalue weighted by atomic mass is 19.1. The normalized spacial score (nSPS) is 12.9. The van der Waals surface area contributed by atoms with Crippen molar-refractivity contribution in [1.29, 1.82) is 0 Å². The number of halogens is 1. The van der Waals surface area contributed by atoms with E-state index in [2.05, 4.69) is 10.6 Å². The van der Waals surface area contributed by atoms with Crippen LogP contribution < -0.4 is 10.6 Å². The maximum absolute atomic E-state index is 13.2. The predicted molar refractivity (Wildman–Crippen MR) is 83.1 cm³/mol. The molecule has 0 unspecified atom stereocenters. The van der Waals surface area contributed by atoms with E-state index in [1.165, 1.54) is 12.1 Å². The van der Waals surface area contributed by atoms with Crippen molar-refractivity contribution in [3.8, 4) is 5.75 Å². The molecule has 0 aromatic heterocycles. The number of rotatable bonds is 5. The van der Waals surface area contributed by atoms with Gasteiger partial charge in [-0.05, 0) is 42.7 Å². The average molecular weight is 314 g/mol. The highest BCUT2D eigenvalue weighted by Gasteiger charge is 2.28. The SMILES string of the molecule is O=C1NC(=O)c2c(NCCCc3ccc(O)c(F)c3)cccc21. The number of hydrogen-bond donors (Lipinski definition) is 3. The molecule has 2 amide bonds. The number of phenolic OH excluding ortho intramolecular Hbond substituents is 1. The van der Waals surface area contributed by atoms with Gasteiger partial charge in [0, 0.05) is 12.2 Å². The third kappa shape index (κ3) is 3.01. The van der Waals surface area contributed by atoms with Gasteiger partial charge in [0.05, 0.1) is 11.1 Å². The van der Waals surface area contributed by atoms with E-state index in [-0.39, 0.29) is 11.7 Å². The summed E-state index contributed by atoms with van der Waals surface area (Å²) in [6.07, 6.45) is 1.34. The molecule has 1 aliphatic heterocycles. The van der Waals surface area contributed by atoms with Gasteiger partial charge in [-0.15, -0.1) is 0 Å². The van der Waals surface area contributed by atoms with Crippen LogP contribution in [0.4, 0.5) is 10.1 Å². The highest BCUT2D eigenvalue weighted by Crippen LogP contribution is 2.24. The van der Waals surface area contributed by atoms with Crippen LogP contribution in [0.2, 0.25) is 0 Å². The number of amides is 2. The monoisotopic (exact) mass is 314 g/mol. The highest BCUT2D eigenvalue weighted by molar-refractivity contribution is 6.23. The van der Waals surface area contributed by atoms with Gasteiger partial charge in [0.15, 0.2) is 11.6 Å². The van der Waals surface area contributed by atoms with Gasteiger partial charge in [0.1, 0.15) is 0 Å². The topological polar surface area (TPSA) is 78.4 Å². The van der Waals surface area contributed by atoms with Gasteiger partial charge in [-0.2, -0.15) is 0 Å². The molecule has 1 aliphatic rings. The number of carbonyl (C=O) groups excluding carboxylic acids is 2. The van der Waals surface area contributed by atoms with Gasteiger partial charge in [-0.25, -0.2) is 4.39 Å². The van der Waals surface area contributed by atoms with Crippen molar-refractivity contribution in [3.63, 3.8) is 0 Å². The minimum Gasteiger partial charge on any atom is -0.505 e. The first-order valence-electron chi connectivity index (χ1n) is 7.26. The molecule has 3 rings (SSSR count). The van der Waals surface area contributed by atoms with Gasteiger partial charge in [-0.1, -0.05) is 12.1 Å². The number of nitrogens with one attached hydrogen (secondary N) is 2. The lowest BCUT2D eigenvalue weighted by atomic mass is 10.1. The maximum Gasteiger partial charge on any atom is 0.261 e. The molecule has 5 nitrogen and oxygen atoms in total. The zero-order valence-electron chi connectivity index (χ0n) is 12.2. The van der Waals surface area contributed by atoms with E-state index < -0.39 is 11.7 Å². The molecule has 0 radical (unpaired) electrons. The zero-order valence-corrected chi connectivity index (χ0v) is 12.2. The van der Waals surface area contributed by atoms with Crippen LogP contribution in [0.5, 0.6) is 5.75 Å². The molecule has 0 atom stereocenters. The van der Waals surface area contributed by atoms with E-state index in [0.29, 0.717) is 36.2 Å². The number of benzene rings is 2. The second-order valence-corrected chi connectivity index (χ2v) is 5.33. The molecule has 2 aromatic rings. The number of aromatic hydroxyl groups is 1. The summed E-state index contributed by atoms with van der Waals surface area (Å²) < 4.78 is 13.2. The van der Waals surface area contributed by atoms with E-state index in [9.17, 15) is 14.0 Å². The molecule has 1 heterocycles. The Morgan fingerprint density at radius 3 is 2.74 bits per heavy atom. The number of fused-ring (bicyclic) bond motifs is 1. The number of hydrogen-bond acceptors (Lipinski definition) is 4. The molecule has 118 valence electrons. The smallest absolute Gasteiger partial charge is 0.261 e. The number of imide groups is 1. The molecule has 23 heavy (non-hydrogen) atoms. The Labute approximate surface area is 132 Å². The summed E-state index contributed by atoms with van der Waals surface area (Å²) in [6, 6.07) is 9.39. The van der Waals surface area contributed by atoms with Gasteiger partial charge in [0.2, 0.25) is 0 Å². The van der Waals surface area contributed by atoms with E-state index in [0.717, 1.165) is 5.56 Å². The first kappa shape index (κ1) is 15.0. The Bertz CT molecular complexity index is 789. The van der Waals surface area contributed by atoms with Crippen LogP contribution in [0, 0.1) is 5.82 Å². The minimum atomic E-state index is -0.633. The summed E-state index contributed by atoms with van der Waals surface area (Å²) in [5.74, 6) is -1.77. The lowest BCUT2D eigenvalue weighted by molar-refractivity contribution is 0.0880. The molecule has 3 N–H and O–H groups in total. The number of carbonyl (C=O) groups is 2. The molecular weight excluding hydrogens is 299 g/mol. The maximum atomic E-state index is 13.2. The molecule has 0 spiro atoms. The van der Waals surface area contributed by atoms with Crippen molar-refractivity contribution in [2.45, 2.75) is 12.8 Å². The molecular formula is C17H15FN2O3. The standard InChI is InChI=1S/C17H15FN2O3/c18-12-9-10(6-7-14(12)21)3-2-8-19-13-5-1-4-11-15(13)17(23)20-16(11)22/h1,4-7,9,19,21H,2-3,8H2,(H,20,22,23). The lowest BCUT2D eigenvalue weighted by Gasteiger charge is -2.09. The first-order chi connectivity index (χ1) is 11.1. The minimum absolute atomic E-state index is 0.359. The van der Waals surface area contributed by atoms with Crippen LogP contribution in [-0.4, -0.2) is 23.5 Å². The van der Waals surface area contributed by atoms with Crippen LogP contribution in [0.3, 0.4) is 0 Å². The van der Waals surface area contributed by atoms with Gasteiger partial charge < -0.3 is 10.4 Å². The Morgan fingerprint density at radius 1 is 1.13 bits per heavy atom. The fraction of sp³-hybridized carbons (Fsp3) is 0.176. The van der Waals surface area contributed by atoms with Gasteiger partial charge in [0.25, 0.3) is 11.8 Å². The Hall–Kier alpha value is -2.89. The Kier molecular flexibility index (Phi) is 3.97. The fourth-order valence-electron chi connectivity index (χ4n) is 2.59. The van der Waals surface area contributed by atoms with E-state index in [1.807, 2.05) is 0 Å². The lowest BCUT2D eigenvalue weighted by Crippen LogP contribution is -2.20. The van der Waals surface area contributed by atoms with E-state index in [1.54, 1.807) is 24.3 Å². The van der Waals surface area contributed by atoms with Crippen LogP contribution >= 0.6 is 0 Å². The summed E-state index contributed by atoms with van der Waals surface area (Å²) in [6.45, 7) is 0.570. The number of phenols is 1. The average Bonchev–Trinajstić information content (AvgIpc) is 2.83. The third-order valence-corrected chi connectivity index (χ3v) is 3.73. The molecule has 0 fully saturated rings. The molecule has 2 aromatic carbocycles. The van der Waals surface area contributed by atoms with Crippen LogP contribution in [0.15, 0.2) is 36.4 Å². The van der Waals surface area contributed by atoms with Gasteiger partial charge >= 0.3 is 0 Å². The molecule has 0 aliphatic carbocycles. The van der Waals surface area contributed by atoms with Gasteiger partial charge in [-0.3, -0.25) is 14.9 Å². The fourth-order valence-corrected chi connectivity index (χ4v) is 2.59. The summed E-state index contributed by atoms with van der Waals surface area (Å²) in [5.41, 5.74) is 2.14. The summed E-state index contributed by atoms with van der Waals surface area (Å²) in [7, 11) is 0. The van der Waals surface area contributed by atoms with Crippen molar-refractivity contribution in [3.05, 3.63) is 58.9 Å². The Balaban J connectivity index is 1.61. The van der Waals surface area contributed by atoms with Crippen molar-refractivity contribution in [2.75, 3.05) is 11.9 Å². The third-order valence-electron chi connectivity index (χ3n) is 3.73. The second-order valence-electron chi connectivity index (χ2n) is 5.33. The van der Waals surface area contributed by atoms with Crippen LogP contribution in [0.1, 0.15) is 32.7 Å². The quantitative estimate of drug-likeness (QED) is 0.585. The zero-order chi connectivity index (χ0) is 16.4. The number of anilines is 1. The van der Waals surface area contributed by atoms with Crippen molar-refractivity contribution in [2.24, 2.45) is 0 Å². The predicted octanol–water partition coefficient (Wildman–Crippen LogP) is 2.46. The Morgan fingerprint density at radius 2 is 1.96 bits per heavy atom. The summed E-state index contributed by atoms with van der Waals surface area (Å²) in [5, 5.41) is 14.6. The van der Waals surface area contributed by atoms with Crippen molar-refractivity contribution >= 4 is 17.5 Å². The van der Waals surface area contributed by atoms with Crippen LogP contribution in [-0.2, 0) is 6.42 Å². The van der Waals surface area contributed by atoms with E-state index in [4.69, 9.17) is 5.11 Å². The van der Waals surface area contributed by atoms with Crippen LogP contribution in [0.25, 0.3) is 0 Å². The number of aryl methyl sites for hydroxylation is 1. The first-order valence-corrected chi connectivity index (χ1v) is 7.26. The summed E-state index contributed by atoms with van der Waals surface area (Å²) in [4.78, 5) is 23.4. The second kappa shape index (κ2) is 6.08.